The fraction of sp³-hybridized carbons (Fsp3) is 0.700. The molecule has 1 fully saturated rings. The molecule has 0 bridgehead atoms. The van der Waals surface area contributed by atoms with Crippen molar-refractivity contribution >= 4 is 0 Å². The minimum Gasteiger partial charge on any atom is -0.508 e. The van der Waals surface area contributed by atoms with Gasteiger partial charge < -0.3 is 5.11 Å². The molecule has 1 aliphatic carbocycles. The van der Waals surface area contributed by atoms with Crippen LogP contribution in [0.2, 0.25) is 0 Å². The van der Waals surface area contributed by atoms with Crippen LogP contribution in [0.3, 0.4) is 0 Å². The van der Waals surface area contributed by atoms with Crippen LogP contribution in [0.25, 0.3) is 0 Å². The van der Waals surface area contributed by atoms with Crippen molar-refractivity contribution in [3.63, 3.8) is 0 Å². The van der Waals surface area contributed by atoms with Gasteiger partial charge >= 0.3 is 0 Å². The lowest BCUT2D eigenvalue weighted by Gasteiger charge is -2.44. The largest absolute Gasteiger partial charge is 0.508 e. The molecule has 1 heteroatoms. The smallest absolute Gasteiger partial charge is 0.115 e. The minimum atomic E-state index is 0.373. The van der Waals surface area contributed by atoms with Crippen LogP contribution in [-0.2, 0) is 6.42 Å². The lowest BCUT2D eigenvalue weighted by atomic mass is 9.62. The Morgan fingerprint density at radius 1 is 1.14 bits per heavy atom. The fourth-order valence-corrected chi connectivity index (χ4v) is 4.16. The molecule has 1 saturated carbocycles. The van der Waals surface area contributed by atoms with E-state index in [1.54, 1.807) is 0 Å². The Morgan fingerprint density at radius 3 is 2.43 bits per heavy atom. The maximum absolute atomic E-state index is 9.37. The lowest BCUT2D eigenvalue weighted by Crippen LogP contribution is -2.35. The van der Waals surface area contributed by atoms with E-state index in [2.05, 4.69) is 32.9 Å². The highest BCUT2D eigenvalue weighted by Crippen LogP contribution is 2.46. The SMILES string of the molecule is CCCC1CC(C)C1CCC(CC)Cc1ccc(O)cc1. The highest BCUT2D eigenvalue weighted by Gasteiger charge is 2.36. The molecule has 4 atom stereocenters. The van der Waals surface area contributed by atoms with Crippen LogP contribution in [-0.4, -0.2) is 5.11 Å². The molecule has 0 saturated heterocycles. The van der Waals surface area contributed by atoms with Crippen LogP contribution in [0.15, 0.2) is 24.3 Å². The zero-order valence-electron chi connectivity index (χ0n) is 14.0. The Bertz CT molecular complexity index is 406. The highest BCUT2D eigenvalue weighted by molar-refractivity contribution is 5.26. The monoisotopic (exact) mass is 288 g/mol. The van der Waals surface area contributed by atoms with Crippen LogP contribution < -0.4 is 0 Å². The molecule has 4 unspecified atom stereocenters. The predicted octanol–water partition coefficient (Wildman–Crippen LogP) is 5.81. The number of aromatic hydroxyl groups is 1. The summed E-state index contributed by atoms with van der Waals surface area (Å²) in [6.45, 7) is 7.08. The zero-order valence-corrected chi connectivity index (χ0v) is 14.0. The van der Waals surface area contributed by atoms with Crippen molar-refractivity contribution in [3.8, 4) is 5.75 Å². The molecule has 0 heterocycles. The second-order valence-electron chi connectivity index (χ2n) is 7.15. The molecular formula is C20H32O. The summed E-state index contributed by atoms with van der Waals surface area (Å²) in [5.74, 6) is 4.12. The highest BCUT2D eigenvalue weighted by atomic mass is 16.3. The normalized spacial score (nSPS) is 26.3. The van der Waals surface area contributed by atoms with Gasteiger partial charge in [0.1, 0.15) is 5.75 Å². The van der Waals surface area contributed by atoms with Crippen molar-refractivity contribution in [1.29, 1.82) is 0 Å². The van der Waals surface area contributed by atoms with E-state index in [1.165, 1.54) is 44.1 Å². The number of phenols is 1. The van der Waals surface area contributed by atoms with Crippen molar-refractivity contribution < 1.29 is 5.11 Å². The van der Waals surface area contributed by atoms with Crippen LogP contribution >= 0.6 is 0 Å². The number of hydrogen-bond acceptors (Lipinski definition) is 1. The molecule has 1 aliphatic rings. The van der Waals surface area contributed by atoms with E-state index in [-0.39, 0.29) is 0 Å². The van der Waals surface area contributed by atoms with Gasteiger partial charge in [0, 0.05) is 0 Å². The predicted molar refractivity (Wildman–Crippen MR) is 90.5 cm³/mol. The van der Waals surface area contributed by atoms with Crippen molar-refractivity contribution in [2.24, 2.45) is 23.7 Å². The second kappa shape index (κ2) is 7.87. The topological polar surface area (TPSA) is 20.2 Å². The molecule has 21 heavy (non-hydrogen) atoms. The first-order valence-electron chi connectivity index (χ1n) is 8.91. The summed E-state index contributed by atoms with van der Waals surface area (Å²) < 4.78 is 0. The lowest BCUT2D eigenvalue weighted by molar-refractivity contribution is 0.0627. The fourth-order valence-electron chi connectivity index (χ4n) is 4.16. The molecular weight excluding hydrogens is 256 g/mol. The van der Waals surface area contributed by atoms with E-state index in [0.29, 0.717) is 5.75 Å². The van der Waals surface area contributed by atoms with Gasteiger partial charge in [0.25, 0.3) is 0 Å². The Labute approximate surface area is 130 Å². The maximum atomic E-state index is 9.37. The van der Waals surface area contributed by atoms with E-state index >= 15 is 0 Å². The van der Waals surface area contributed by atoms with Crippen LogP contribution in [0.5, 0.6) is 5.75 Å². The third-order valence-electron chi connectivity index (χ3n) is 5.62. The average Bonchev–Trinajstić information content (AvgIpc) is 2.48. The molecule has 0 aromatic heterocycles. The summed E-state index contributed by atoms with van der Waals surface area (Å²) in [4.78, 5) is 0. The van der Waals surface area contributed by atoms with Crippen LogP contribution in [0.1, 0.15) is 64.9 Å². The maximum Gasteiger partial charge on any atom is 0.115 e. The van der Waals surface area contributed by atoms with Crippen molar-refractivity contribution in [2.45, 2.75) is 65.7 Å². The Kier molecular flexibility index (Phi) is 6.14. The van der Waals surface area contributed by atoms with E-state index in [9.17, 15) is 5.11 Å². The molecule has 0 radical (unpaired) electrons. The standard InChI is InChI=1S/C20H32O/c1-4-6-18-13-15(3)20(18)12-9-16(5-2)14-17-7-10-19(21)11-8-17/h7-8,10-11,15-16,18,20-21H,4-6,9,12-14H2,1-3H3. The van der Waals surface area contributed by atoms with Crippen LogP contribution in [0, 0.1) is 23.7 Å². The first-order chi connectivity index (χ1) is 10.1. The molecule has 1 N–H and O–H groups in total. The van der Waals surface area contributed by atoms with Gasteiger partial charge in [-0.1, -0.05) is 52.2 Å². The Balaban J connectivity index is 1.80. The van der Waals surface area contributed by atoms with E-state index < -0.39 is 0 Å². The molecule has 0 spiro atoms. The van der Waals surface area contributed by atoms with Gasteiger partial charge in [-0.3, -0.25) is 0 Å². The van der Waals surface area contributed by atoms with Gasteiger partial charge in [-0.2, -0.15) is 0 Å². The molecule has 2 rings (SSSR count). The summed E-state index contributed by atoms with van der Waals surface area (Å²) >= 11 is 0. The van der Waals surface area contributed by atoms with Gasteiger partial charge in [-0.25, -0.2) is 0 Å². The molecule has 118 valence electrons. The van der Waals surface area contributed by atoms with Crippen molar-refractivity contribution in [2.75, 3.05) is 0 Å². The second-order valence-corrected chi connectivity index (χ2v) is 7.15. The molecule has 1 aromatic rings. The number of hydrogen-bond donors (Lipinski definition) is 1. The van der Waals surface area contributed by atoms with Gasteiger partial charge in [0.2, 0.25) is 0 Å². The number of rotatable bonds is 8. The first-order valence-corrected chi connectivity index (χ1v) is 8.91. The van der Waals surface area contributed by atoms with E-state index in [1.807, 2.05) is 12.1 Å². The third kappa shape index (κ3) is 4.49. The van der Waals surface area contributed by atoms with E-state index in [4.69, 9.17) is 0 Å². The number of benzene rings is 1. The van der Waals surface area contributed by atoms with Gasteiger partial charge in [0.05, 0.1) is 0 Å². The van der Waals surface area contributed by atoms with Crippen molar-refractivity contribution in [1.82, 2.24) is 0 Å². The first kappa shape index (κ1) is 16.4. The minimum absolute atomic E-state index is 0.373. The van der Waals surface area contributed by atoms with Gasteiger partial charge in [-0.05, 0) is 67.1 Å². The molecule has 1 nitrogen and oxygen atoms in total. The van der Waals surface area contributed by atoms with Crippen LogP contribution in [0.4, 0.5) is 0 Å². The third-order valence-corrected chi connectivity index (χ3v) is 5.62. The summed E-state index contributed by atoms with van der Waals surface area (Å²) in [6.07, 6.45) is 9.46. The van der Waals surface area contributed by atoms with E-state index in [0.717, 1.165) is 30.1 Å². The zero-order chi connectivity index (χ0) is 15.2. The summed E-state index contributed by atoms with van der Waals surface area (Å²) in [7, 11) is 0. The molecule has 0 aliphatic heterocycles. The average molecular weight is 288 g/mol. The molecule has 1 aromatic carbocycles. The van der Waals surface area contributed by atoms with Gasteiger partial charge in [0.15, 0.2) is 0 Å². The Hall–Kier alpha value is -0.980. The summed E-state index contributed by atoms with van der Waals surface area (Å²) in [5, 5.41) is 9.37. The summed E-state index contributed by atoms with van der Waals surface area (Å²) in [5.41, 5.74) is 1.37. The number of phenolic OH excluding ortho intramolecular Hbond substituents is 1. The molecule has 0 amide bonds. The Morgan fingerprint density at radius 2 is 1.86 bits per heavy atom. The quantitative estimate of drug-likeness (QED) is 0.639. The summed E-state index contributed by atoms with van der Waals surface area (Å²) in [6, 6.07) is 7.77. The van der Waals surface area contributed by atoms with Gasteiger partial charge in [-0.15, -0.1) is 0 Å². The van der Waals surface area contributed by atoms with Crippen molar-refractivity contribution in [3.05, 3.63) is 29.8 Å².